The molecule has 8 nitrogen and oxygen atoms in total. The van der Waals surface area contributed by atoms with Crippen molar-refractivity contribution in [2.24, 2.45) is 0 Å². The Morgan fingerprint density at radius 2 is 1.93 bits per heavy atom. The quantitative estimate of drug-likeness (QED) is 0.394. The molecule has 0 radical (unpaired) electrons. The van der Waals surface area contributed by atoms with Crippen LogP contribution in [0.25, 0.3) is 0 Å². The number of carbonyl (C=O) groups is 2. The molecule has 0 aromatic heterocycles. The lowest BCUT2D eigenvalue weighted by Gasteiger charge is -2.21. The Morgan fingerprint density at radius 3 is 2.41 bits per heavy atom. The number of rotatable bonds is 7. The molecule has 0 N–H and O–H groups in total. The summed E-state index contributed by atoms with van der Waals surface area (Å²) in [7, 11) is -3.00. The summed E-state index contributed by atoms with van der Waals surface area (Å²) in [6, 6.07) is 6.12. The number of methoxy groups -OCH3 is 1. The smallest absolute Gasteiger partial charge is 0.423 e. The third-order valence-electron chi connectivity index (χ3n) is 4.06. The minimum atomic E-state index is -4.10. The van der Waals surface area contributed by atoms with E-state index in [4.69, 9.17) is 9.47 Å². The summed E-state index contributed by atoms with van der Waals surface area (Å²) >= 11 is 0. The number of sulfonamides is 1. The lowest BCUT2D eigenvalue weighted by Crippen LogP contribution is -2.37. The van der Waals surface area contributed by atoms with Gasteiger partial charge in [0.1, 0.15) is 5.60 Å². The van der Waals surface area contributed by atoms with Gasteiger partial charge in [0.15, 0.2) is 6.10 Å². The number of ether oxygens (including phenoxy) is 3. The van der Waals surface area contributed by atoms with Crippen molar-refractivity contribution in [2.75, 3.05) is 20.3 Å². The number of aryl methyl sites for hydroxylation is 1. The number of hydrogen-bond acceptors (Lipinski definition) is 7. The van der Waals surface area contributed by atoms with Crippen molar-refractivity contribution in [3.05, 3.63) is 42.0 Å². The molecule has 148 valence electrons. The number of epoxide rings is 1. The van der Waals surface area contributed by atoms with Crippen LogP contribution in [0.1, 0.15) is 19.4 Å². The minimum Gasteiger partial charge on any atom is -0.455 e. The van der Waals surface area contributed by atoms with Crippen molar-refractivity contribution in [1.82, 2.24) is 4.31 Å². The van der Waals surface area contributed by atoms with E-state index < -0.39 is 33.8 Å². The Balaban J connectivity index is 2.22. The molecular formula is C18H23NO7S. The molecule has 1 heterocycles. The lowest BCUT2D eigenvalue weighted by atomic mass is 10.1. The maximum Gasteiger partial charge on any atom is 0.423 e. The van der Waals surface area contributed by atoms with Crippen LogP contribution >= 0.6 is 0 Å². The molecule has 1 aromatic carbocycles. The second kappa shape index (κ2) is 8.10. The van der Waals surface area contributed by atoms with Crippen LogP contribution in [-0.2, 0) is 29.0 Å². The molecule has 0 unspecified atom stereocenters. The Kier molecular flexibility index (Phi) is 6.27. The highest BCUT2D eigenvalue weighted by Gasteiger charge is 2.48. The maximum absolute atomic E-state index is 12.8. The van der Waals surface area contributed by atoms with Crippen LogP contribution in [-0.4, -0.2) is 56.8 Å². The van der Waals surface area contributed by atoms with Crippen molar-refractivity contribution in [1.29, 1.82) is 0 Å². The fourth-order valence-electron chi connectivity index (χ4n) is 2.31. The van der Waals surface area contributed by atoms with Gasteiger partial charge in [-0.15, -0.1) is 0 Å². The molecule has 27 heavy (non-hydrogen) atoms. The van der Waals surface area contributed by atoms with E-state index in [9.17, 15) is 18.0 Å². The first-order valence-electron chi connectivity index (χ1n) is 8.25. The Hall–Kier alpha value is -2.39. The number of esters is 1. The molecule has 1 fully saturated rings. The highest BCUT2D eigenvalue weighted by Crippen LogP contribution is 2.33. The zero-order valence-corrected chi connectivity index (χ0v) is 16.5. The fraction of sp³-hybridized carbons (Fsp3) is 0.444. The van der Waals surface area contributed by atoms with Gasteiger partial charge in [-0.3, -0.25) is 4.79 Å². The minimum absolute atomic E-state index is 0.0269. The molecule has 1 aromatic rings. The molecule has 0 aliphatic carbocycles. The van der Waals surface area contributed by atoms with E-state index in [2.05, 4.69) is 4.74 Å². The van der Waals surface area contributed by atoms with Gasteiger partial charge in [0.05, 0.1) is 25.2 Å². The molecule has 2 rings (SSSR count). The van der Waals surface area contributed by atoms with Crippen LogP contribution in [0.15, 0.2) is 41.3 Å². The molecule has 0 spiro atoms. The molecule has 1 amide bonds. The van der Waals surface area contributed by atoms with Crippen molar-refractivity contribution < 1.29 is 32.2 Å². The van der Waals surface area contributed by atoms with E-state index >= 15 is 0 Å². The van der Waals surface area contributed by atoms with Gasteiger partial charge in [0.25, 0.3) is 10.0 Å². The third kappa shape index (κ3) is 5.08. The number of hydrogen-bond donors (Lipinski definition) is 0. The van der Waals surface area contributed by atoms with Crippen LogP contribution in [0.2, 0.25) is 0 Å². The van der Waals surface area contributed by atoms with Crippen molar-refractivity contribution in [2.45, 2.75) is 37.4 Å². The normalized spacial score (nSPS) is 20.1. The van der Waals surface area contributed by atoms with Gasteiger partial charge in [0.2, 0.25) is 0 Å². The lowest BCUT2D eigenvalue weighted by molar-refractivity contribution is -0.146. The predicted octanol–water partition coefficient (Wildman–Crippen LogP) is 2.03. The van der Waals surface area contributed by atoms with Gasteiger partial charge in [-0.25, -0.2) is 13.2 Å². The molecule has 1 aliphatic heterocycles. The van der Waals surface area contributed by atoms with Crippen LogP contribution in [0.5, 0.6) is 0 Å². The zero-order valence-electron chi connectivity index (χ0n) is 15.7. The monoisotopic (exact) mass is 397 g/mol. The molecule has 1 aliphatic rings. The molecule has 9 heteroatoms. The van der Waals surface area contributed by atoms with Gasteiger partial charge in [-0.1, -0.05) is 23.8 Å². The second-order valence-corrected chi connectivity index (χ2v) is 8.24. The van der Waals surface area contributed by atoms with Crippen LogP contribution in [0.3, 0.4) is 0 Å². The Bertz CT molecular complexity index is 826. The summed E-state index contributed by atoms with van der Waals surface area (Å²) in [6.07, 6.45) is 1.24. The summed E-state index contributed by atoms with van der Waals surface area (Å²) in [6.45, 7) is 5.00. The van der Waals surface area contributed by atoms with E-state index in [0.29, 0.717) is 10.9 Å². The summed E-state index contributed by atoms with van der Waals surface area (Å²) in [4.78, 5) is 23.3. The average Bonchev–Trinajstić information content (AvgIpc) is 3.35. The topological polar surface area (TPSA) is 103 Å². The second-order valence-electron chi connectivity index (χ2n) is 6.38. The molecule has 2 atom stereocenters. The maximum atomic E-state index is 12.8. The predicted molar refractivity (Wildman–Crippen MR) is 96.5 cm³/mol. The van der Waals surface area contributed by atoms with E-state index in [-0.39, 0.29) is 11.4 Å². The summed E-state index contributed by atoms with van der Waals surface area (Å²) in [5, 5.41) is 0. The standard InChI is InChI=1S/C18H23NO7S/c1-13-7-9-15(10-8-13)27(22,23)19(17(21)24-4)11-5-6-16(26-14(2)20)18(3)12-25-18/h5-10,16H,11-12H2,1-4H3/b6-5+/t16-,18-/m0/s1. The number of amides is 1. The first kappa shape index (κ1) is 20.9. The van der Waals surface area contributed by atoms with E-state index in [1.807, 2.05) is 6.92 Å². The summed E-state index contributed by atoms with van der Waals surface area (Å²) in [5.74, 6) is -0.488. The van der Waals surface area contributed by atoms with Gasteiger partial charge >= 0.3 is 12.1 Å². The van der Waals surface area contributed by atoms with Crippen molar-refractivity contribution in [3.8, 4) is 0 Å². The number of nitrogens with zero attached hydrogens (tertiary/aromatic N) is 1. The first-order chi connectivity index (χ1) is 12.6. The average molecular weight is 397 g/mol. The van der Waals surface area contributed by atoms with Gasteiger partial charge in [-0.2, -0.15) is 4.31 Å². The largest absolute Gasteiger partial charge is 0.455 e. The number of benzene rings is 1. The Labute approximate surface area is 158 Å². The highest BCUT2D eigenvalue weighted by atomic mass is 32.2. The van der Waals surface area contributed by atoms with Crippen LogP contribution in [0.4, 0.5) is 4.79 Å². The number of carbonyl (C=O) groups excluding carboxylic acids is 2. The van der Waals surface area contributed by atoms with Crippen LogP contribution < -0.4 is 0 Å². The molecule has 1 saturated heterocycles. The summed E-state index contributed by atoms with van der Waals surface area (Å²) in [5.41, 5.74) is 0.244. The Morgan fingerprint density at radius 1 is 1.33 bits per heavy atom. The van der Waals surface area contributed by atoms with Crippen LogP contribution in [0, 0.1) is 6.92 Å². The SMILES string of the molecule is COC(=O)N(C/C=C/[C@H](OC(C)=O)[C@]1(C)CO1)S(=O)(=O)c1ccc(C)cc1. The summed E-state index contributed by atoms with van der Waals surface area (Å²) < 4.78 is 41.3. The van der Waals surface area contributed by atoms with E-state index in [1.165, 1.54) is 31.2 Å². The van der Waals surface area contributed by atoms with Gasteiger partial charge in [-0.05, 0) is 32.1 Å². The van der Waals surface area contributed by atoms with E-state index in [1.54, 1.807) is 19.1 Å². The first-order valence-corrected chi connectivity index (χ1v) is 9.69. The molecule has 0 saturated carbocycles. The van der Waals surface area contributed by atoms with Crippen molar-refractivity contribution in [3.63, 3.8) is 0 Å². The highest BCUT2D eigenvalue weighted by molar-refractivity contribution is 7.89. The molecule has 0 bridgehead atoms. The van der Waals surface area contributed by atoms with Crippen molar-refractivity contribution >= 4 is 22.1 Å². The zero-order chi connectivity index (χ0) is 20.2. The van der Waals surface area contributed by atoms with Gasteiger partial charge in [0, 0.05) is 6.92 Å². The fourth-order valence-corrected chi connectivity index (χ4v) is 3.60. The van der Waals surface area contributed by atoms with E-state index in [0.717, 1.165) is 12.7 Å². The van der Waals surface area contributed by atoms with Gasteiger partial charge < -0.3 is 14.2 Å². The molecular weight excluding hydrogens is 374 g/mol. The third-order valence-corrected chi connectivity index (χ3v) is 5.81.